The molecule has 3 atom stereocenters. The number of anilines is 1. The zero-order chi connectivity index (χ0) is 20.3. The minimum Gasteiger partial charge on any atom is -0.274 e. The molecule has 2 amide bonds. The second kappa shape index (κ2) is 6.20. The summed E-state index contributed by atoms with van der Waals surface area (Å²) in [6.45, 7) is 3.33. The number of carbonyl (C=O) groups is 2. The molecule has 3 saturated heterocycles. The Morgan fingerprint density at radius 2 is 1.83 bits per heavy atom. The molecule has 0 radical (unpaired) electrons. The number of amides is 2. The number of benzene rings is 2. The normalized spacial score (nSPS) is 29.3. The summed E-state index contributed by atoms with van der Waals surface area (Å²) in [5.41, 5.74) is 0.101. The van der Waals surface area contributed by atoms with Crippen molar-refractivity contribution in [1.29, 1.82) is 0 Å². The fourth-order valence-electron chi connectivity index (χ4n) is 5.15. The maximum atomic E-state index is 13.6. The molecule has 8 heteroatoms. The van der Waals surface area contributed by atoms with E-state index in [0.29, 0.717) is 6.54 Å². The maximum absolute atomic E-state index is 13.6. The molecule has 0 N–H and O–H groups in total. The quantitative estimate of drug-likeness (QED) is 0.453. The Kier molecular flexibility index (Phi) is 3.84. The number of imide groups is 1. The fraction of sp³-hybridized carbons (Fsp3) is 0.333. The number of hydrogen-bond donors (Lipinski definition) is 0. The first-order valence-corrected chi connectivity index (χ1v) is 9.66. The number of carbonyl (C=O) groups excluding carboxylic acids is 2. The number of hydrogen-bond acceptors (Lipinski definition) is 6. The maximum Gasteiger partial charge on any atom is 0.271 e. The number of nitro groups is 1. The zero-order valence-corrected chi connectivity index (χ0v) is 15.9. The number of rotatable bonds is 3. The lowest BCUT2D eigenvalue weighted by molar-refractivity contribution is -0.384. The lowest BCUT2D eigenvalue weighted by Crippen LogP contribution is -2.52. The third-order valence-electron chi connectivity index (χ3n) is 6.41. The first kappa shape index (κ1) is 18.0. The van der Waals surface area contributed by atoms with Gasteiger partial charge in [0.25, 0.3) is 11.6 Å². The van der Waals surface area contributed by atoms with E-state index in [4.69, 9.17) is 0 Å². The molecule has 0 spiro atoms. The predicted molar refractivity (Wildman–Crippen MR) is 105 cm³/mol. The Morgan fingerprint density at radius 1 is 1.07 bits per heavy atom. The molecular weight excluding hydrogens is 372 g/mol. The van der Waals surface area contributed by atoms with Crippen molar-refractivity contribution in [2.75, 3.05) is 18.0 Å². The predicted octanol–water partition coefficient (Wildman–Crippen LogP) is 2.52. The van der Waals surface area contributed by atoms with Gasteiger partial charge < -0.3 is 0 Å². The van der Waals surface area contributed by atoms with Crippen molar-refractivity contribution in [3.63, 3.8) is 0 Å². The molecule has 0 bridgehead atoms. The van der Waals surface area contributed by atoms with Gasteiger partial charge >= 0.3 is 0 Å². The van der Waals surface area contributed by atoms with E-state index in [1.54, 1.807) is 6.07 Å². The van der Waals surface area contributed by atoms with Crippen LogP contribution in [-0.4, -0.2) is 45.4 Å². The smallest absolute Gasteiger partial charge is 0.271 e. The Hall–Kier alpha value is -3.10. The topological polar surface area (TPSA) is 87.0 Å². The van der Waals surface area contributed by atoms with Crippen molar-refractivity contribution < 1.29 is 14.5 Å². The average Bonchev–Trinajstić information content (AvgIpc) is 3.35. The van der Waals surface area contributed by atoms with Crippen molar-refractivity contribution in [2.24, 2.45) is 5.92 Å². The highest BCUT2D eigenvalue weighted by molar-refractivity contribution is 6.26. The molecule has 3 fully saturated rings. The molecule has 3 heterocycles. The van der Waals surface area contributed by atoms with E-state index in [1.165, 1.54) is 18.2 Å². The SMILES string of the molecule is C[C@]12C(=O)N(c3cccc([N+](=O)[O-])c3)C(=O)[C@H]1[C@H](c1ccccc1)N1CCCN12. The van der Waals surface area contributed by atoms with Gasteiger partial charge in [-0.3, -0.25) is 19.7 Å². The molecule has 8 nitrogen and oxygen atoms in total. The molecular formula is C21H20N4O4. The second-order valence-electron chi connectivity index (χ2n) is 7.88. The summed E-state index contributed by atoms with van der Waals surface area (Å²) in [5, 5.41) is 15.4. The third kappa shape index (κ3) is 2.33. The van der Waals surface area contributed by atoms with E-state index in [9.17, 15) is 19.7 Å². The van der Waals surface area contributed by atoms with Crippen LogP contribution in [0.2, 0.25) is 0 Å². The van der Waals surface area contributed by atoms with Crippen LogP contribution in [-0.2, 0) is 9.59 Å². The number of fused-ring (bicyclic) bond motifs is 3. The van der Waals surface area contributed by atoms with E-state index < -0.39 is 16.4 Å². The van der Waals surface area contributed by atoms with E-state index in [2.05, 4.69) is 5.01 Å². The number of nitrogens with zero attached hydrogens (tertiary/aromatic N) is 4. The summed E-state index contributed by atoms with van der Waals surface area (Å²) >= 11 is 0. The molecule has 148 valence electrons. The molecule has 0 aromatic heterocycles. The monoisotopic (exact) mass is 392 g/mol. The lowest BCUT2D eigenvalue weighted by atomic mass is 9.81. The first-order chi connectivity index (χ1) is 13.9. The Morgan fingerprint density at radius 3 is 2.55 bits per heavy atom. The third-order valence-corrected chi connectivity index (χ3v) is 6.41. The van der Waals surface area contributed by atoms with Gasteiger partial charge in [-0.15, -0.1) is 0 Å². The van der Waals surface area contributed by atoms with Crippen molar-refractivity contribution in [3.05, 3.63) is 70.3 Å². The molecule has 29 heavy (non-hydrogen) atoms. The highest BCUT2D eigenvalue weighted by Gasteiger charge is 2.70. The van der Waals surface area contributed by atoms with Crippen LogP contribution in [0.3, 0.4) is 0 Å². The van der Waals surface area contributed by atoms with Gasteiger partial charge in [0.15, 0.2) is 0 Å². The molecule has 3 aliphatic heterocycles. The van der Waals surface area contributed by atoms with Crippen molar-refractivity contribution in [3.8, 4) is 0 Å². The lowest BCUT2D eigenvalue weighted by Gasteiger charge is -2.33. The highest BCUT2D eigenvalue weighted by atomic mass is 16.6. The van der Waals surface area contributed by atoms with E-state index >= 15 is 0 Å². The summed E-state index contributed by atoms with van der Waals surface area (Å²) in [7, 11) is 0. The van der Waals surface area contributed by atoms with Crippen LogP contribution in [0.4, 0.5) is 11.4 Å². The summed E-state index contributed by atoms with van der Waals surface area (Å²) in [6.07, 6.45) is 0.921. The van der Waals surface area contributed by atoms with E-state index in [0.717, 1.165) is 23.4 Å². The van der Waals surface area contributed by atoms with Crippen LogP contribution in [0, 0.1) is 16.0 Å². The Bertz CT molecular complexity index is 1030. The van der Waals surface area contributed by atoms with Gasteiger partial charge in [-0.05, 0) is 25.0 Å². The minimum atomic E-state index is -1.00. The van der Waals surface area contributed by atoms with Gasteiger partial charge in [-0.2, -0.15) is 0 Å². The Balaban J connectivity index is 1.63. The number of hydrazine groups is 1. The second-order valence-corrected chi connectivity index (χ2v) is 7.88. The molecule has 0 unspecified atom stereocenters. The van der Waals surface area contributed by atoms with Crippen molar-refractivity contribution in [2.45, 2.75) is 24.9 Å². The molecule has 0 saturated carbocycles. The van der Waals surface area contributed by atoms with Crippen molar-refractivity contribution >= 4 is 23.2 Å². The molecule has 0 aliphatic carbocycles. The molecule has 2 aromatic carbocycles. The average molecular weight is 392 g/mol. The van der Waals surface area contributed by atoms with E-state index in [1.807, 2.05) is 42.3 Å². The highest BCUT2D eigenvalue weighted by Crippen LogP contribution is 2.54. The molecule has 2 aromatic rings. The van der Waals surface area contributed by atoms with E-state index in [-0.39, 0.29) is 29.2 Å². The Labute approximate surface area is 167 Å². The van der Waals surface area contributed by atoms with Crippen LogP contribution in [0.1, 0.15) is 24.9 Å². The zero-order valence-electron chi connectivity index (χ0n) is 15.9. The van der Waals surface area contributed by atoms with Crippen LogP contribution in [0.25, 0.3) is 0 Å². The van der Waals surface area contributed by atoms with Crippen molar-refractivity contribution in [1.82, 2.24) is 10.0 Å². The van der Waals surface area contributed by atoms with Gasteiger partial charge in [-0.1, -0.05) is 36.4 Å². The van der Waals surface area contributed by atoms with Crippen LogP contribution in [0.5, 0.6) is 0 Å². The fourth-order valence-corrected chi connectivity index (χ4v) is 5.15. The van der Waals surface area contributed by atoms with Crippen LogP contribution >= 0.6 is 0 Å². The van der Waals surface area contributed by atoms with Gasteiger partial charge in [0.05, 0.1) is 22.6 Å². The van der Waals surface area contributed by atoms with Gasteiger partial charge in [0, 0.05) is 25.2 Å². The summed E-state index contributed by atoms with van der Waals surface area (Å²) in [4.78, 5) is 39.0. The molecule has 5 rings (SSSR count). The van der Waals surface area contributed by atoms with Gasteiger partial charge in [-0.25, -0.2) is 14.9 Å². The summed E-state index contributed by atoms with van der Waals surface area (Å²) in [5.74, 6) is -1.20. The summed E-state index contributed by atoms with van der Waals surface area (Å²) in [6, 6.07) is 15.3. The standard InChI is InChI=1S/C21H20N4O4/c1-21-17(18(14-7-3-2-4-8-14)22-11-6-12-23(21)22)19(26)24(20(21)27)15-9-5-10-16(13-15)25(28)29/h2-5,7-10,13,17-18H,6,11-12H2,1H3/t17-,18+,21-/m1/s1. The first-order valence-electron chi connectivity index (χ1n) is 9.66. The number of non-ortho nitro benzene ring substituents is 1. The van der Waals surface area contributed by atoms with Crippen LogP contribution < -0.4 is 4.90 Å². The van der Waals surface area contributed by atoms with Gasteiger partial charge in [0.1, 0.15) is 5.54 Å². The molecule has 3 aliphatic rings. The van der Waals surface area contributed by atoms with Crippen LogP contribution in [0.15, 0.2) is 54.6 Å². The van der Waals surface area contributed by atoms with Gasteiger partial charge in [0.2, 0.25) is 5.91 Å². The summed E-state index contributed by atoms with van der Waals surface area (Å²) < 4.78 is 0. The minimum absolute atomic E-state index is 0.146. The number of nitro benzene ring substituents is 1. The largest absolute Gasteiger partial charge is 0.274 e.